The lowest BCUT2D eigenvalue weighted by Gasteiger charge is -2.19. The molecule has 0 aliphatic rings. The van der Waals surface area contributed by atoms with E-state index in [4.69, 9.17) is 11.5 Å². The molecule has 0 aromatic heterocycles. The lowest BCUT2D eigenvalue weighted by atomic mass is 10.1. The minimum absolute atomic E-state index is 0.121. The van der Waals surface area contributed by atoms with Crippen molar-refractivity contribution >= 4 is 36.2 Å². The molecule has 3 atom stereocenters. The predicted octanol–water partition coefficient (Wildman–Crippen LogP) is -1.28. The molecule has 0 aliphatic heterocycles. The van der Waals surface area contributed by atoms with E-state index in [0.29, 0.717) is 6.42 Å². The molecule has 0 heterocycles. The van der Waals surface area contributed by atoms with Crippen molar-refractivity contribution < 1.29 is 14.7 Å². The van der Waals surface area contributed by atoms with Gasteiger partial charge in [-0.2, -0.15) is 24.4 Å². The van der Waals surface area contributed by atoms with Gasteiger partial charge in [-0.05, 0) is 18.4 Å². The molecule has 0 aromatic rings. The molecule has 0 aromatic carbocycles. The first-order valence-corrected chi connectivity index (χ1v) is 7.57. The number of aliphatic hydroxyl groups excluding tert-OH is 1. The van der Waals surface area contributed by atoms with Gasteiger partial charge in [0.2, 0.25) is 11.8 Å². The Morgan fingerprint density at radius 3 is 2.56 bits per heavy atom. The van der Waals surface area contributed by atoms with Crippen molar-refractivity contribution in [2.24, 2.45) is 11.5 Å². The number of thiol groups is 1. The van der Waals surface area contributed by atoms with Crippen LogP contribution in [0.3, 0.4) is 0 Å². The average Bonchev–Trinajstić information content (AvgIpc) is 2.32. The maximum atomic E-state index is 11.5. The van der Waals surface area contributed by atoms with Crippen molar-refractivity contribution in [2.45, 2.75) is 31.0 Å². The van der Waals surface area contributed by atoms with Gasteiger partial charge < -0.3 is 21.9 Å². The third-order valence-electron chi connectivity index (χ3n) is 2.41. The SMILES string of the molecule is CSCC[C@H](N)[C@@H](O)CC(=O)N[C@@H](CS)C(N)=O. The van der Waals surface area contributed by atoms with Crippen LogP contribution in [-0.4, -0.2) is 52.9 Å². The van der Waals surface area contributed by atoms with E-state index in [1.807, 2.05) is 6.26 Å². The number of nitrogens with one attached hydrogen (secondary N) is 1. The highest BCUT2D eigenvalue weighted by atomic mass is 32.2. The van der Waals surface area contributed by atoms with Gasteiger partial charge in [0.05, 0.1) is 12.5 Å². The van der Waals surface area contributed by atoms with Crippen LogP contribution in [-0.2, 0) is 9.59 Å². The summed E-state index contributed by atoms with van der Waals surface area (Å²) in [5, 5.41) is 12.1. The molecule has 0 rings (SSSR count). The fourth-order valence-electron chi connectivity index (χ4n) is 1.25. The number of amides is 2. The van der Waals surface area contributed by atoms with E-state index in [2.05, 4.69) is 17.9 Å². The van der Waals surface area contributed by atoms with Crippen LogP contribution in [0.5, 0.6) is 0 Å². The van der Waals surface area contributed by atoms with E-state index in [-0.39, 0.29) is 12.2 Å². The maximum Gasteiger partial charge on any atom is 0.240 e. The zero-order chi connectivity index (χ0) is 14.1. The van der Waals surface area contributed by atoms with Gasteiger partial charge in [-0.15, -0.1) is 0 Å². The van der Waals surface area contributed by atoms with E-state index in [1.165, 1.54) is 0 Å². The van der Waals surface area contributed by atoms with Crippen LogP contribution in [0.2, 0.25) is 0 Å². The smallest absolute Gasteiger partial charge is 0.240 e. The molecular weight excluding hydrogens is 274 g/mol. The second kappa shape index (κ2) is 9.48. The lowest BCUT2D eigenvalue weighted by Crippen LogP contribution is -2.48. The number of hydrogen-bond donors (Lipinski definition) is 5. The molecule has 6 N–H and O–H groups in total. The van der Waals surface area contributed by atoms with Gasteiger partial charge in [-0.25, -0.2) is 0 Å². The molecule has 0 bridgehead atoms. The molecule has 8 heteroatoms. The van der Waals surface area contributed by atoms with Crippen molar-refractivity contribution in [3.05, 3.63) is 0 Å². The zero-order valence-electron chi connectivity index (χ0n) is 10.3. The highest BCUT2D eigenvalue weighted by Gasteiger charge is 2.21. The molecule has 18 heavy (non-hydrogen) atoms. The Labute approximate surface area is 117 Å². The number of thioether (sulfide) groups is 1. The van der Waals surface area contributed by atoms with Gasteiger partial charge in [-0.3, -0.25) is 9.59 Å². The van der Waals surface area contributed by atoms with Crippen LogP contribution in [0.4, 0.5) is 0 Å². The van der Waals surface area contributed by atoms with E-state index < -0.39 is 30.0 Å². The van der Waals surface area contributed by atoms with Gasteiger partial charge in [0.25, 0.3) is 0 Å². The highest BCUT2D eigenvalue weighted by Crippen LogP contribution is 2.05. The Morgan fingerprint density at radius 1 is 1.50 bits per heavy atom. The molecule has 0 saturated heterocycles. The zero-order valence-corrected chi connectivity index (χ0v) is 12.0. The summed E-state index contributed by atoms with van der Waals surface area (Å²) in [6, 6.07) is -1.28. The van der Waals surface area contributed by atoms with Crippen molar-refractivity contribution in [3.8, 4) is 0 Å². The van der Waals surface area contributed by atoms with Crippen LogP contribution >= 0.6 is 24.4 Å². The molecule has 2 amide bonds. The molecule has 0 radical (unpaired) electrons. The Kier molecular flexibility index (Phi) is 9.25. The number of nitrogens with two attached hydrogens (primary N) is 2. The first kappa shape index (κ1) is 17.6. The first-order valence-electron chi connectivity index (χ1n) is 5.54. The molecule has 106 valence electrons. The van der Waals surface area contributed by atoms with E-state index in [1.54, 1.807) is 11.8 Å². The number of carbonyl (C=O) groups excluding carboxylic acids is 2. The standard InChI is InChI=1S/C10H21N3O3S2/c1-18-3-2-6(11)8(14)4-9(15)13-7(5-17)10(12)16/h6-8,14,17H,2-5,11H2,1H3,(H2,12,16)(H,13,15)/t6-,7-,8-/m0/s1. The summed E-state index contributed by atoms with van der Waals surface area (Å²) in [5.41, 5.74) is 10.8. The Balaban J connectivity index is 4.10. The highest BCUT2D eigenvalue weighted by molar-refractivity contribution is 7.98. The monoisotopic (exact) mass is 295 g/mol. The minimum atomic E-state index is -0.925. The molecule has 0 saturated carbocycles. The molecule has 0 unspecified atom stereocenters. The number of carbonyl (C=O) groups is 2. The van der Waals surface area contributed by atoms with Crippen LogP contribution in [0.1, 0.15) is 12.8 Å². The van der Waals surface area contributed by atoms with Gasteiger partial charge >= 0.3 is 0 Å². The van der Waals surface area contributed by atoms with Crippen LogP contribution < -0.4 is 16.8 Å². The predicted molar refractivity (Wildman–Crippen MR) is 76.6 cm³/mol. The van der Waals surface area contributed by atoms with Gasteiger partial charge in [0, 0.05) is 11.8 Å². The van der Waals surface area contributed by atoms with Crippen molar-refractivity contribution in [3.63, 3.8) is 0 Å². The second-order valence-corrected chi connectivity index (χ2v) is 5.27. The van der Waals surface area contributed by atoms with E-state index >= 15 is 0 Å². The quantitative estimate of drug-likeness (QED) is 0.339. The third kappa shape index (κ3) is 7.10. The van der Waals surface area contributed by atoms with Gasteiger partial charge in [0.15, 0.2) is 0 Å². The molecule has 0 fully saturated rings. The maximum absolute atomic E-state index is 11.5. The van der Waals surface area contributed by atoms with Crippen LogP contribution in [0.25, 0.3) is 0 Å². The second-order valence-electron chi connectivity index (χ2n) is 3.92. The van der Waals surface area contributed by atoms with Crippen LogP contribution in [0.15, 0.2) is 0 Å². The summed E-state index contributed by atoms with van der Waals surface area (Å²) < 4.78 is 0. The average molecular weight is 295 g/mol. The normalized spacial score (nSPS) is 15.8. The van der Waals surface area contributed by atoms with Gasteiger partial charge in [0.1, 0.15) is 6.04 Å². The summed E-state index contributed by atoms with van der Waals surface area (Å²) in [4.78, 5) is 22.4. The van der Waals surface area contributed by atoms with Crippen molar-refractivity contribution in [1.29, 1.82) is 0 Å². The Hall–Kier alpha value is -0.440. The topological polar surface area (TPSA) is 118 Å². The summed E-state index contributed by atoms with van der Waals surface area (Å²) in [7, 11) is 0. The summed E-state index contributed by atoms with van der Waals surface area (Å²) in [5.74, 6) is -0.171. The van der Waals surface area contributed by atoms with Crippen LogP contribution in [0, 0.1) is 0 Å². The molecule has 0 aliphatic carbocycles. The summed E-state index contributed by atoms with van der Waals surface area (Å²) >= 11 is 5.52. The third-order valence-corrected chi connectivity index (χ3v) is 3.41. The Morgan fingerprint density at radius 2 is 2.11 bits per heavy atom. The van der Waals surface area contributed by atoms with E-state index in [9.17, 15) is 14.7 Å². The lowest BCUT2D eigenvalue weighted by molar-refractivity contribution is -0.128. The fraction of sp³-hybridized carbons (Fsp3) is 0.800. The van der Waals surface area contributed by atoms with Crippen molar-refractivity contribution in [2.75, 3.05) is 17.8 Å². The van der Waals surface area contributed by atoms with Crippen molar-refractivity contribution in [1.82, 2.24) is 5.32 Å². The largest absolute Gasteiger partial charge is 0.391 e. The Bertz CT molecular complexity index is 279. The van der Waals surface area contributed by atoms with Gasteiger partial charge in [-0.1, -0.05) is 0 Å². The fourth-order valence-corrected chi connectivity index (χ4v) is 2.03. The first-order chi connectivity index (χ1) is 8.42. The van der Waals surface area contributed by atoms with E-state index in [0.717, 1.165) is 5.75 Å². The molecule has 0 spiro atoms. The summed E-state index contributed by atoms with van der Waals surface area (Å²) in [6.45, 7) is 0. The molecule has 6 nitrogen and oxygen atoms in total. The number of primary amides is 1. The minimum Gasteiger partial charge on any atom is -0.391 e. The summed E-state index contributed by atoms with van der Waals surface area (Å²) in [6.07, 6.45) is 1.50. The molecular formula is C10H21N3O3S2. The number of rotatable bonds is 9. The number of hydrogen-bond acceptors (Lipinski definition) is 6. The number of aliphatic hydroxyl groups is 1.